The Morgan fingerprint density at radius 3 is 2.57 bits per heavy atom. The van der Waals surface area contributed by atoms with Crippen molar-refractivity contribution in [1.82, 2.24) is 0 Å². The zero-order valence-corrected chi connectivity index (χ0v) is 8.06. The van der Waals surface area contributed by atoms with Gasteiger partial charge in [0.15, 0.2) is 0 Å². The zero-order chi connectivity index (χ0) is 10.3. The van der Waals surface area contributed by atoms with Crippen molar-refractivity contribution in [2.45, 2.75) is 31.5 Å². The topological polar surface area (TPSA) is 26.0 Å². The summed E-state index contributed by atoms with van der Waals surface area (Å²) in [5.74, 6) is -0.491. The van der Waals surface area contributed by atoms with E-state index < -0.39 is 17.5 Å². The first-order chi connectivity index (χ1) is 6.54. The molecule has 14 heavy (non-hydrogen) atoms. The van der Waals surface area contributed by atoms with Crippen LogP contribution < -0.4 is 5.73 Å². The average Bonchev–Trinajstić information content (AvgIpc) is 2.84. The molecule has 0 amide bonds. The molecule has 1 fully saturated rings. The summed E-state index contributed by atoms with van der Waals surface area (Å²) in [6, 6.07) is 4.59. The first kappa shape index (κ1) is 9.59. The van der Waals surface area contributed by atoms with E-state index in [0.29, 0.717) is 5.56 Å². The first-order valence-electron chi connectivity index (χ1n) is 4.76. The molecular weight excluding hydrogens is 184 g/mol. The zero-order valence-electron chi connectivity index (χ0n) is 8.06. The minimum Gasteiger partial charge on any atom is -0.321 e. The summed E-state index contributed by atoms with van der Waals surface area (Å²) >= 11 is 0. The Bertz CT molecular complexity index is 356. The van der Waals surface area contributed by atoms with Crippen LogP contribution in [-0.2, 0) is 5.54 Å². The highest BCUT2D eigenvalue weighted by Gasteiger charge is 2.42. The van der Waals surface area contributed by atoms with Crippen LogP contribution in [0.1, 0.15) is 37.1 Å². The van der Waals surface area contributed by atoms with Crippen LogP contribution in [0.2, 0.25) is 0 Å². The third-order valence-corrected chi connectivity index (χ3v) is 2.78. The molecule has 1 atom stereocenters. The van der Waals surface area contributed by atoms with Crippen LogP contribution in [-0.4, -0.2) is 0 Å². The van der Waals surface area contributed by atoms with E-state index in [0.717, 1.165) is 12.8 Å². The Morgan fingerprint density at radius 2 is 2.07 bits per heavy atom. The summed E-state index contributed by atoms with van der Waals surface area (Å²) in [6.45, 7) is 1.34. The lowest BCUT2D eigenvalue weighted by atomic mass is 9.96. The molecule has 1 nitrogen and oxygen atoms in total. The van der Waals surface area contributed by atoms with Crippen molar-refractivity contribution in [1.29, 1.82) is 0 Å². The second-order valence-corrected chi connectivity index (χ2v) is 3.97. The summed E-state index contributed by atoms with van der Waals surface area (Å²) in [4.78, 5) is 0. The molecule has 1 aromatic rings. The van der Waals surface area contributed by atoms with Gasteiger partial charge >= 0.3 is 0 Å². The van der Waals surface area contributed by atoms with Crippen molar-refractivity contribution in [3.05, 3.63) is 35.1 Å². The van der Waals surface area contributed by atoms with Crippen molar-refractivity contribution in [3.8, 4) is 0 Å². The molecule has 1 unspecified atom stereocenters. The highest BCUT2D eigenvalue weighted by atomic mass is 19.1. The van der Waals surface area contributed by atoms with E-state index in [1.807, 2.05) is 0 Å². The van der Waals surface area contributed by atoms with E-state index in [9.17, 15) is 8.78 Å². The van der Waals surface area contributed by atoms with Crippen molar-refractivity contribution in [2.75, 3.05) is 0 Å². The summed E-state index contributed by atoms with van der Waals surface area (Å²) in [5.41, 5.74) is 6.23. The van der Waals surface area contributed by atoms with Gasteiger partial charge in [0.05, 0.1) is 0 Å². The minimum atomic E-state index is -1.30. The van der Waals surface area contributed by atoms with Gasteiger partial charge in [0.2, 0.25) is 0 Å². The van der Waals surface area contributed by atoms with E-state index in [4.69, 9.17) is 5.73 Å². The largest absolute Gasteiger partial charge is 0.321 e. The lowest BCUT2D eigenvalue weighted by Crippen LogP contribution is -2.21. The molecule has 76 valence electrons. The van der Waals surface area contributed by atoms with Gasteiger partial charge in [-0.1, -0.05) is 12.1 Å². The van der Waals surface area contributed by atoms with Crippen LogP contribution in [0.3, 0.4) is 0 Å². The molecule has 0 aromatic heterocycles. The summed E-state index contributed by atoms with van der Waals surface area (Å²) in [7, 11) is 0. The Hall–Kier alpha value is -0.960. The van der Waals surface area contributed by atoms with Gasteiger partial charge in [-0.3, -0.25) is 0 Å². The molecule has 1 saturated carbocycles. The Kier molecular flexibility index (Phi) is 2.07. The van der Waals surface area contributed by atoms with Crippen molar-refractivity contribution in [3.63, 3.8) is 0 Å². The molecule has 1 aromatic carbocycles. The monoisotopic (exact) mass is 197 g/mol. The molecular formula is C11H13F2N. The number of alkyl halides is 1. The van der Waals surface area contributed by atoms with E-state index >= 15 is 0 Å². The second kappa shape index (κ2) is 3.02. The minimum absolute atomic E-state index is 0.132. The highest BCUT2D eigenvalue weighted by Crippen LogP contribution is 2.46. The van der Waals surface area contributed by atoms with Crippen molar-refractivity contribution < 1.29 is 8.78 Å². The van der Waals surface area contributed by atoms with E-state index in [1.54, 1.807) is 12.1 Å². The molecule has 1 aliphatic carbocycles. The number of halogens is 2. The lowest BCUT2D eigenvalue weighted by Gasteiger charge is -2.16. The predicted molar refractivity (Wildman–Crippen MR) is 51.0 cm³/mol. The number of rotatable bonds is 2. The van der Waals surface area contributed by atoms with Crippen LogP contribution in [0.5, 0.6) is 0 Å². The normalized spacial score (nSPS) is 20.6. The highest BCUT2D eigenvalue weighted by molar-refractivity contribution is 5.39. The SMILES string of the molecule is CC(F)c1c(F)cccc1C1(N)CC1. The van der Waals surface area contributed by atoms with Gasteiger partial charge in [-0.05, 0) is 31.4 Å². The third kappa shape index (κ3) is 1.42. The van der Waals surface area contributed by atoms with E-state index in [1.165, 1.54) is 13.0 Å². The third-order valence-electron chi connectivity index (χ3n) is 2.78. The van der Waals surface area contributed by atoms with Gasteiger partial charge < -0.3 is 5.73 Å². The maximum absolute atomic E-state index is 13.4. The molecule has 1 aliphatic rings. The summed E-state index contributed by atoms with van der Waals surface area (Å²) < 4.78 is 26.6. The van der Waals surface area contributed by atoms with E-state index in [-0.39, 0.29) is 5.56 Å². The fraction of sp³-hybridized carbons (Fsp3) is 0.455. The second-order valence-electron chi connectivity index (χ2n) is 3.97. The Balaban J connectivity index is 2.53. The number of hydrogen-bond donors (Lipinski definition) is 1. The van der Waals surface area contributed by atoms with Crippen LogP contribution >= 0.6 is 0 Å². The number of benzene rings is 1. The first-order valence-corrected chi connectivity index (χ1v) is 4.76. The van der Waals surface area contributed by atoms with Crippen LogP contribution in [0.25, 0.3) is 0 Å². The molecule has 2 N–H and O–H groups in total. The van der Waals surface area contributed by atoms with Gasteiger partial charge in [0.25, 0.3) is 0 Å². The van der Waals surface area contributed by atoms with Gasteiger partial charge in [0.1, 0.15) is 12.0 Å². The van der Waals surface area contributed by atoms with Gasteiger partial charge in [-0.25, -0.2) is 8.78 Å². The summed E-state index contributed by atoms with van der Waals surface area (Å²) in [6.07, 6.45) is 0.332. The van der Waals surface area contributed by atoms with Crippen molar-refractivity contribution in [2.24, 2.45) is 5.73 Å². The fourth-order valence-electron chi connectivity index (χ4n) is 1.78. The molecule has 0 radical (unpaired) electrons. The molecule has 0 aliphatic heterocycles. The lowest BCUT2D eigenvalue weighted by molar-refractivity contribution is 0.356. The molecule has 0 saturated heterocycles. The maximum Gasteiger partial charge on any atom is 0.129 e. The summed E-state index contributed by atoms with van der Waals surface area (Å²) in [5, 5.41) is 0. The van der Waals surface area contributed by atoms with Gasteiger partial charge in [0, 0.05) is 11.1 Å². The smallest absolute Gasteiger partial charge is 0.129 e. The molecule has 3 heteroatoms. The Morgan fingerprint density at radius 1 is 1.43 bits per heavy atom. The Labute approximate surface area is 81.9 Å². The quantitative estimate of drug-likeness (QED) is 0.775. The van der Waals surface area contributed by atoms with Gasteiger partial charge in [-0.15, -0.1) is 0 Å². The number of nitrogens with two attached hydrogens (primary N) is 1. The molecule has 0 spiro atoms. The van der Waals surface area contributed by atoms with Crippen LogP contribution in [0.4, 0.5) is 8.78 Å². The van der Waals surface area contributed by atoms with Gasteiger partial charge in [-0.2, -0.15) is 0 Å². The number of hydrogen-bond acceptors (Lipinski definition) is 1. The molecule has 0 heterocycles. The van der Waals surface area contributed by atoms with Crippen LogP contribution in [0, 0.1) is 5.82 Å². The van der Waals surface area contributed by atoms with E-state index in [2.05, 4.69) is 0 Å². The predicted octanol–water partition coefficient (Wildman–Crippen LogP) is 2.80. The van der Waals surface area contributed by atoms with Crippen LogP contribution in [0.15, 0.2) is 18.2 Å². The molecule has 0 bridgehead atoms. The van der Waals surface area contributed by atoms with Crippen molar-refractivity contribution >= 4 is 0 Å². The maximum atomic E-state index is 13.4. The fourth-order valence-corrected chi connectivity index (χ4v) is 1.78. The molecule has 2 rings (SSSR count). The average molecular weight is 197 g/mol. The standard InChI is InChI=1S/C11H13F2N/c1-7(12)10-8(11(14)5-6-11)3-2-4-9(10)13/h2-4,7H,5-6,14H2,1H3.